The standard InChI is InChI=1S/C21H18F3N3O3S/c1-12-4-2-3-5-15(12)16(10-18(28)29)26-19(30)17-11-31-20(27-17)25-14-8-6-13(7-9-14)21(22,23)24/h2-9,11,16H,10H2,1H3,(H,25,27)(H,26,30)(H,28,29). The van der Waals surface area contributed by atoms with Crippen LogP contribution >= 0.6 is 11.3 Å². The Morgan fingerprint density at radius 1 is 1.13 bits per heavy atom. The first kappa shape index (κ1) is 22.3. The molecule has 1 amide bonds. The summed E-state index contributed by atoms with van der Waals surface area (Å²) >= 11 is 1.10. The zero-order chi connectivity index (χ0) is 22.6. The first-order valence-electron chi connectivity index (χ1n) is 9.11. The van der Waals surface area contributed by atoms with E-state index in [1.807, 2.05) is 19.1 Å². The minimum absolute atomic E-state index is 0.0726. The van der Waals surface area contributed by atoms with E-state index in [1.165, 1.54) is 17.5 Å². The molecule has 0 saturated carbocycles. The smallest absolute Gasteiger partial charge is 0.416 e. The van der Waals surface area contributed by atoms with Gasteiger partial charge in [0.15, 0.2) is 5.13 Å². The van der Waals surface area contributed by atoms with Crippen LogP contribution in [0.25, 0.3) is 0 Å². The number of carboxylic acid groups (broad SMARTS) is 1. The second-order valence-corrected chi connectivity index (χ2v) is 7.58. The van der Waals surface area contributed by atoms with Gasteiger partial charge >= 0.3 is 12.1 Å². The minimum Gasteiger partial charge on any atom is -0.481 e. The number of hydrogen-bond donors (Lipinski definition) is 3. The Kier molecular flexibility index (Phi) is 6.59. The molecule has 3 N–H and O–H groups in total. The van der Waals surface area contributed by atoms with Crippen LogP contribution in [0, 0.1) is 6.92 Å². The molecule has 0 aliphatic rings. The molecule has 0 aliphatic carbocycles. The number of rotatable bonds is 7. The van der Waals surface area contributed by atoms with Gasteiger partial charge in [0.1, 0.15) is 5.69 Å². The highest BCUT2D eigenvalue weighted by Gasteiger charge is 2.30. The number of thiazole rings is 1. The lowest BCUT2D eigenvalue weighted by Gasteiger charge is -2.18. The number of nitrogens with one attached hydrogen (secondary N) is 2. The van der Waals surface area contributed by atoms with Crippen molar-refractivity contribution in [1.82, 2.24) is 10.3 Å². The molecule has 2 aromatic carbocycles. The van der Waals surface area contributed by atoms with Crippen LogP contribution in [0.15, 0.2) is 53.9 Å². The van der Waals surface area contributed by atoms with Crippen molar-refractivity contribution in [2.75, 3.05) is 5.32 Å². The van der Waals surface area contributed by atoms with E-state index < -0.39 is 29.7 Å². The van der Waals surface area contributed by atoms with Gasteiger partial charge in [-0.25, -0.2) is 4.98 Å². The molecule has 0 aliphatic heterocycles. The predicted octanol–water partition coefficient (Wildman–Crippen LogP) is 5.16. The summed E-state index contributed by atoms with van der Waals surface area (Å²) in [7, 11) is 0. The van der Waals surface area contributed by atoms with Gasteiger partial charge in [-0.05, 0) is 42.3 Å². The van der Waals surface area contributed by atoms with Gasteiger partial charge in [0.2, 0.25) is 0 Å². The van der Waals surface area contributed by atoms with Gasteiger partial charge in [0.25, 0.3) is 5.91 Å². The number of benzene rings is 2. The summed E-state index contributed by atoms with van der Waals surface area (Å²) in [6, 6.07) is 10.9. The van der Waals surface area contributed by atoms with Crippen LogP contribution in [0.5, 0.6) is 0 Å². The number of amides is 1. The maximum atomic E-state index is 12.7. The second-order valence-electron chi connectivity index (χ2n) is 6.72. The SMILES string of the molecule is Cc1ccccc1C(CC(=O)O)NC(=O)c1csc(Nc2ccc(C(F)(F)F)cc2)n1. The Labute approximate surface area is 179 Å². The predicted molar refractivity (Wildman–Crippen MR) is 110 cm³/mol. The lowest BCUT2D eigenvalue weighted by molar-refractivity contribution is -0.138. The van der Waals surface area contributed by atoms with Crippen LogP contribution in [-0.2, 0) is 11.0 Å². The number of carboxylic acids is 1. The highest BCUT2D eigenvalue weighted by molar-refractivity contribution is 7.14. The Morgan fingerprint density at radius 2 is 1.81 bits per heavy atom. The molecule has 1 unspecified atom stereocenters. The van der Waals surface area contributed by atoms with Crippen molar-refractivity contribution in [3.05, 3.63) is 76.3 Å². The maximum absolute atomic E-state index is 12.7. The number of alkyl halides is 3. The number of nitrogens with zero attached hydrogens (tertiary/aromatic N) is 1. The van der Waals surface area contributed by atoms with Crippen molar-refractivity contribution in [2.45, 2.75) is 25.6 Å². The van der Waals surface area contributed by atoms with E-state index in [2.05, 4.69) is 15.6 Å². The molecule has 1 heterocycles. The Morgan fingerprint density at radius 3 is 2.42 bits per heavy atom. The monoisotopic (exact) mass is 449 g/mol. The number of carbonyl (C=O) groups excluding carboxylic acids is 1. The number of aliphatic carboxylic acids is 1. The van der Waals surface area contributed by atoms with Gasteiger partial charge < -0.3 is 15.7 Å². The number of carbonyl (C=O) groups is 2. The highest BCUT2D eigenvalue weighted by atomic mass is 32.1. The quantitative estimate of drug-likeness (QED) is 0.464. The van der Waals surface area contributed by atoms with E-state index in [9.17, 15) is 27.9 Å². The maximum Gasteiger partial charge on any atom is 0.416 e. The molecule has 0 radical (unpaired) electrons. The molecule has 6 nitrogen and oxygen atoms in total. The molecule has 0 saturated heterocycles. The third-order valence-corrected chi connectivity index (χ3v) is 5.21. The first-order valence-corrected chi connectivity index (χ1v) is 9.99. The van der Waals surface area contributed by atoms with Gasteiger partial charge in [-0.2, -0.15) is 13.2 Å². The molecule has 0 bridgehead atoms. The van der Waals surface area contributed by atoms with Gasteiger partial charge in [-0.1, -0.05) is 24.3 Å². The summed E-state index contributed by atoms with van der Waals surface area (Å²) in [5.74, 6) is -1.61. The Bertz CT molecular complexity index is 1080. The molecular formula is C21H18F3N3O3S. The highest BCUT2D eigenvalue weighted by Crippen LogP contribution is 2.31. The minimum atomic E-state index is -4.42. The van der Waals surface area contributed by atoms with Crippen molar-refractivity contribution in [3.8, 4) is 0 Å². The van der Waals surface area contributed by atoms with E-state index >= 15 is 0 Å². The van der Waals surface area contributed by atoms with Crippen molar-refractivity contribution in [1.29, 1.82) is 0 Å². The zero-order valence-corrected chi connectivity index (χ0v) is 17.1. The van der Waals surface area contributed by atoms with Crippen LogP contribution in [0.1, 0.15) is 39.6 Å². The number of anilines is 2. The fraction of sp³-hybridized carbons (Fsp3) is 0.190. The van der Waals surface area contributed by atoms with Crippen molar-refractivity contribution in [3.63, 3.8) is 0 Å². The van der Waals surface area contributed by atoms with Crippen LogP contribution in [0.3, 0.4) is 0 Å². The van der Waals surface area contributed by atoms with Crippen molar-refractivity contribution >= 4 is 34.0 Å². The molecule has 0 spiro atoms. The number of aromatic nitrogens is 1. The largest absolute Gasteiger partial charge is 0.481 e. The Balaban J connectivity index is 1.71. The molecule has 162 valence electrons. The zero-order valence-electron chi connectivity index (χ0n) is 16.2. The summed E-state index contributed by atoms with van der Waals surface area (Å²) in [6.07, 6.45) is -4.72. The molecule has 31 heavy (non-hydrogen) atoms. The van der Waals surface area contributed by atoms with Crippen molar-refractivity contribution in [2.24, 2.45) is 0 Å². The van der Waals surface area contributed by atoms with Gasteiger partial charge in [-0.15, -0.1) is 11.3 Å². The summed E-state index contributed by atoms with van der Waals surface area (Å²) < 4.78 is 38.0. The van der Waals surface area contributed by atoms with Gasteiger partial charge in [0.05, 0.1) is 18.0 Å². The third kappa shape index (κ3) is 5.82. The van der Waals surface area contributed by atoms with E-state index in [4.69, 9.17) is 0 Å². The van der Waals surface area contributed by atoms with E-state index in [0.29, 0.717) is 16.4 Å². The summed E-state index contributed by atoms with van der Waals surface area (Å²) in [6.45, 7) is 1.82. The summed E-state index contributed by atoms with van der Waals surface area (Å²) in [5, 5.41) is 16.6. The fourth-order valence-corrected chi connectivity index (χ4v) is 3.64. The Hall–Kier alpha value is -3.40. The molecule has 1 aromatic heterocycles. The first-order chi connectivity index (χ1) is 14.6. The van der Waals surface area contributed by atoms with Crippen LogP contribution in [0.4, 0.5) is 24.0 Å². The fourth-order valence-electron chi connectivity index (χ4n) is 2.92. The van der Waals surface area contributed by atoms with Crippen molar-refractivity contribution < 1.29 is 27.9 Å². The molecule has 1 atom stereocenters. The van der Waals surface area contributed by atoms with Crippen LogP contribution < -0.4 is 10.6 Å². The lowest BCUT2D eigenvalue weighted by Crippen LogP contribution is -2.30. The van der Waals surface area contributed by atoms with E-state index in [-0.39, 0.29) is 12.1 Å². The third-order valence-electron chi connectivity index (χ3n) is 4.45. The normalized spacial score (nSPS) is 12.3. The van der Waals surface area contributed by atoms with Crippen LogP contribution in [0.2, 0.25) is 0 Å². The van der Waals surface area contributed by atoms with Gasteiger partial charge in [0, 0.05) is 11.1 Å². The second kappa shape index (κ2) is 9.17. The number of aryl methyl sites for hydroxylation is 1. The molecular weight excluding hydrogens is 431 g/mol. The molecule has 3 rings (SSSR count). The van der Waals surface area contributed by atoms with E-state index in [0.717, 1.165) is 29.0 Å². The molecule has 3 aromatic rings. The molecule has 0 fully saturated rings. The van der Waals surface area contributed by atoms with Crippen LogP contribution in [-0.4, -0.2) is 22.0 Å². The van der Waals surface area contributed by atoms with Gasteiger partial charge in [-0.3, -0.25) is 9.59 Å². The lowest BCUT2D eigenvalue weighted by atomic mass is 9.98. The number of hydrogen-bond acceptors (Lipinski definition) is 5. The van der Waals surface area contributed by atoms with E-state index in [1.54, 1.807) is 12.1 Å². The summed E-state index contributed by atoms with van der Waals surface area (Å²) in [4.78, 5) is 28.0. The number of halogens is 3. The summed E-state index contributed by atoms with van der Waals surface area (Å²) in [5.41, 5.74) is 1.23. The molecule has 10 heteroatoms. The topological polar surface area (TPSA) is 91.3 Å². The average molecular weight is 449 g/mol. The average Bonchev–Trinajstić information content (AvgIpc) is 3.16.